The Morgan fingerprint density at radius 3 is 2.35 bits per heavy atom. The zero-order chi connectivity index (χ0) is 21.6. The molecule has 0 fully saturated rings. The number of hydrogen-bond acceptors (Lipinski definition) is 4. The predicted molar refractivity (Wildman–Crippen MR) is 127 cm³/mol. The molecule has 156 valence electrons. The first kappa shape index (κ1) is 20.9. The van der Waals surface area contributed by atoms with Crippen molar-refractivity contribution in [3.63, 3.8) is 0 Å². The van der Waals surface area contributed by atoms with E-state index in [0.29, 0.717) is 12.2 Å². The van der Waals surface area contributed by atoms with Crippen LogP contribution in [0.2, 0.25) is 0 Å². The molecular formula is C25H24N4OS. The monoisotopic (exact) mass is 428 g/mol. The molecule has 2 aromatic heterocycles. The third-order valence-electron chi connectivity index (χ3n) is 4.88. The van der Waals surface area contributed by atoms with E-state index in [1.165, 1.54) is 11.8 Å². The van der Waals surface area contributed by atoms with Crippen molar-refractivity contribution in [3.05, 3.63) is 84.6 Å². The van der Waals surface area contributed by atoms with Crippen LogP contribution in [0.15, 0.2) is 84.1 Å². The van der Waals surface area contributed by atoms with Crippen molar-refractivity contribution in [2.75, 3.05) is 5.32 Å². The van der Waals surface area contributed by atoms with Gasteiger partial charge in [0, 0.05) is 17.3 Å². The Morgan fingerprint density at radius 1 is 1.03 bits per heavy atom. The fourth-order valence-electron chi connectivity index (χ4n) is 3.29. The van der Waals surface area contributed by atoms with E-state index in [9.17, 15) is 4.79 Å². The van der Waals surface area contributed by atoms with Crippen molar-refractivity contribution >= 4 is 23.5 Å². The lowest BCUT2D eigenvalue weighted by molar-refractivity contribution is -0.115. The Balaban J connectivity index is 1.61. The van der Waals surface area contributed by atoms with Crippen LogP contribution >= 0.6 is 11.8 Å². The highest BCUT2D eigenvalue weighted by Gasteiger charge is 2.22. The van der Waals surface area contributed by atoms with Crippen molar-refractivity contribution in [1.82, 2.24) is 15.0 Å². The van der Waals surface area contributed by atoms with E-state index >= 15 is 0 Å². The first-order valence-electron chi connectivity index (χ1n) is 10.2. The summed E-state index contributed by atoms with van der Waals surface area (Å²) < 4.78 is 0. The van der Waals surface area contributed by atoms with Crippen LogP contribution < -0.4 is 5.32 Å². The molecule has 6 heteroatoms. The number of imidazole rings is 1. The second-order valence-electron chi connectivity index (χ2n) is 7.22. The average molecular weight is 429 g/mol. The Labute approximate surface area is 186 Å². The highest BCUT2D eigenvalue weighted by Crippen LogP contribution is 2.34. The smallest absolute Gasteiger partial charge is 0.239 e. The molecule has 1 atom stereocenters. The van der Waals surface area contributed by atoms with Crippen LogP contribution in [-0.2, 0) is 4.79 Å². The second-order valence-corrected chi connectivity index (χ2v) is 8.41. The summed E-state index contributed by atoms with van der Waals surface area (Å²) in [5.41, 5.74) is 4.97. The van der Waals surface area contributed by atoms with Crippen LogP contribution in [0.1, 0.15) is 18.9 Å². The summed E-state index contributed by atoms with van der Waals surface area (Å²) in [5, 5.41) is 3.35. The minimum absolute atomic E-state index is 0.0791. The fraction of sp³-hybridized carbons (Fsp3) is 0.160. The standard InChI is InChI=1S/C25H24N4OS/c1-3-20(24(30)27-21-16-17(2)14-15-26-21)31-25-28-22(18-10-6-4-7-11-18)23(29-25)19-12-8-5-9-13-19/h4-16,20H,3H2,1-2H3,(H,28,29)(H,26,27,30). The van der Waals surface area contributed by atoms with Crippen molar-refractivity contribution in [1.29, 1.82) is 0 Å². The number of H-pyrrole nitrogens is 1. The molecule has 4 rings (SSSR count). The summed E-state index contributed by atoms with van der Waals surface area (Å²) >= 11 is 1.44. The number of aryl methyl sites for hydroxylation is 1. The maximum absolute atomic E-state index is 12.9. The third-order valence-corrected chi connectivity index (χ3v) is 6.12. The van der Waals surface area contributed by atoms with Gasteiger partial charge in [0.05, 0.1) is 16.6 Å². The molecule has 2 heterocycles. The maximum atomic E-state index is 12.9. The summed E-state index contributed by atoms with van der Waals surface area (Å²) in [7, 11) is 0. The lowest BCUT2D eigenvalue weighted by Crippen LogP contribution is -2.25. The van der Waals surface area contributed by atoms with Crippen molar-refractivity contribution in [3.8, 4) is 22.5 Å². The number of anilines is 1. The van der Waals surface area contributed by atoms with Crippen LogP contribution in [-0.4, -0.2) is 26.1 Å². The van der Waals surface area contributed by atoms with Gasteiger partial charge in [-0.15, -0.1) is 0 Å². The normalized spacial score (nSPS) is 11.8. The Hall–Kier alpha value is -3.38. The summed E-state index contributed by atoms with van der Waals surface area (Å²) in [4.78, 5) is 25.4. The number of hydrogen-bond donors (Lipinski definition) is 2. The third kappa shape index (κ3) is 5.03. The minimum atomic E-state index is -0.291. The number of nitrogens with zero attached hydrogens (tertiary/aromatic N) is 2. The van der Waals surface area contributed by atoms with E-state index in [-0.39, 0.29) is 11.2 Å². The molecule has 0 bridgehead atoms. The molecule has 0 aliphatic rings. The van der Waals surface area contributed by atoms with Crippen LogP contribution in [0.4, 0.5) is 5.82 Å². The fourth-order valence-corrected chi connectivity index (χ4v) is 4.20. The van der Waals surface area contributed by atoms with Gasteiger partial charge < -0.3 is 10.3 Å². The largest absolute Gasteiger partial charge is 0.332 e. The summed E-state index contributed by atoms with van der Waals surface area (Å²) in [5.74, 6) is 0.489. The van der Waals surface area contributed by atoms with Crippen molar-refractivity contribution in [2.45, 2.75) is 30.7 Å². The first-order valence-corrected chi connectivity index (χ1v) is 11.1. The average Bonchev–Trinajstić information content (AvgIpc) is 3.22. The van der Waals surface area contributed by atoms with Gasteiger partial charge in [-0.1, -0.05) is 79.3 Å². The molecule has 31 heavy (non-hydrogen) atoms. The Kier molecular flexibility index (Phi) is 6.48. The molecule has 5 nitrogen and oxygen atoms in total. The molecule has 2 aromatic carbocycles. The SMILES string of the molecule is CCC(Sc1nc(-c2ccccc2)c(-c2ccccc2)[nH]1)C(=O)Nc1cc(C)ccn1. The maximum Gasteiger partial charge on any atom is 0.239 e. The molecular weight excluding hydrogens is 404 g/mol. The predicted octanol–water partition coefficient (Wildman–Crippen LogP) is 5.96. The van der Waals surface area contributed by atoms with E-state index in [1.54, 1.807) is 6.20 Å². The van der Waals surface area contributed by atoms with Gasteiger partial charge in [-0.3, -0.25) is 4.79 Å². The quantitative estimate of drug-likeness (QED) is 0.357. The summed E-state index contributed by atoms with van der Waals surface area (Å²) in [6.45, 7) is 3.97. The van der Waals surface area contributed by atoms with E-state index in [4.69, 9.17) is 4.98 Å². The number of amides is 1. The highest BCUT2D eigenvalue weighted by molar-refractivity contribution is 8.00. The molecule has 0 aliphatic heterocycles. The lowest BCUT2D eigenvalue weighted by Gasteiger charge is -2.13. The van der Waals surface area contributed by atoms with Gasteiger partial charge in [0.2, 0.25) is 5.91 Å². The number of carbonyl (C=O) groups excluding carboxylic acids is 1. The van der Waals surface area contributed by atoms with Gasteiger partial charge in [0.1, 0.15) is 5.82 Å². The Morgan fingerprint density at radius 2 is 1.71 bits per heavy atom. The van der Waals surface area contributed by atoms with Gasteiger partial charge >= 0.3 is 0 Å². The van der Waals surface area contributed by atoms with E-state index in [2.05, 4.69) is 27.4 Å². The molecule has 1 unspecified atom stereocenters. The highest BCUT2D eigenvalue weighted by atomic mass is 32.2. The molecule has 0 saturated carbocycles. The van der Waals surface area contributed by atoms with Crippen LogP contribution in [0, 0.1) is 6.92 Å². The molecule has 0 saturated heterocycles. The molecule has 4 aromatic rings. The van der Waals surface area contributed by atoms with E-state index in [1.807, 2.05) is 74.5 Å². The van der Waals surface area contributed by atoms with Crippen molar-refractivity contribution < 1.29 is 4.79 Å². The minimum Gasteiger partial charge on any atom is -0.332 e. The topological polar surface area (TPSA) is 70.7 Å². The molecule has 0 aliphatic carbocycles. The number of pyridine rings is 1. The zero-order valence-electron chi connectivity index (χ0n) is 17.5. The van der Waals surface area contributed by atoms with E-state index < -0.39 is 0 Å². The van der Waals surface area contributed by atoms with Gasteiger partial charge in [-0.2, -0.15) is 0 Å². The van der Waals surface area contributed by atoms with E-state index in [0.717, 1.165) is 33.2 Å². The van der Waals surface area contributed by atoms with Gasteiger partial charge in [0.25, 0.3) is 0 Å². The number of rotatable bonds is 7. The summed E-state index contributed by atoms with van der Waals surface area (Å²) in [6, 6.07) is 24.0. The van der Waals surface area contributed by atoms with Crippen LogP contribution in [0.25, 0.3) is 22.5 Å². The number of aromatic amines is 1. The number of benzene rings is 2. The number of aromatic nitrogens is 3. The van der Waals surface area contributed by atoms with Crippen LogP contribution in [0.5, 0.6) is 0 Å². The number of thioether (sulfide) groups is 1. The second kappa shape index (κ2) is 9.62. The van der Waals surface area contributed by atoms with Crippen LogP contribution in [0.3, 0.4) is 0 Å². The first-order chi connectivity index (χ1) is 15.1. The summed E-state index contributed by atoms with van der Waals surface area (Å²) in [6.07, 6.45) is 2.37. The Bertz CT molecular complexity index is 1100. The molecule has 2 N–H and O–H groups in total. The van der Waals surface area contributed by atoms with Gasteiger partial charge in [0.15, 0.2) is 5.16 Å². The molecule has 0 spiro atoms. The molecule has 1 amide bonds. The van der Waals surface area contributed by atoms with Gasteiger partial charge in [-0.05, 0) is 31.0 Å². The zero-order valence-corrected chi connectivity index (χ0v) is 18.3. The lowest BCUT2D eigenvalue weighted by atomic mass is 10.1. The van der Waals surface area contributed by atoms with Crippen molar-refractivity contribution in [2.24, 2.45) is 0 Å². The molecule has 0 radical (unpaired) electrons. The van der Waals surface area contributed by atoms with Gasteiger partial charge in [-0.25, -0.2) is 9.97 Å². The number of nitrogens with one attached hydrogen (secondary N) is 2. The number of carbonyl (C=O) groups is 1.